The Balaban J connectivity index is 2.36. The smallest absolute Gasteiger partial charge is 0.161 e. The minimum atomic E-state index is -1.13. The zero-order valence-electron chi connectivity index (χ0n) is 9.06. The van der Waals surface area contributed by atoms with Gasteiger partial charge in [-0.15, -0.1) is 0 Å². The molecule has 2 atom stereocenters. The molecular weight excluding hydrogens is 215 g/mol. The summed E-state index contributed by atoms with van der Waals surface area (Å²) < 4.78 is 39.4. The maximum absolute atomic E-state index is 13.5. The fraction of sp³-hybridized carbons (Fsp3) is 0.500. The first kappa shape index (κ1) is 11.5. The van der Waals surface area contributed by atoms with Crippen LogP contribution in [-0.2, 0) is 0 Å². The molecule has 1 N–H and O–H groups in total. The molecule has 1 aromatic rings. The second-order valence-electron chi connectivity index (χ2n) is 4.18. The first-order valence-electron chi connectivity index (χ1n) is 5.51. The Morgan fingerprint density at radius 2 is 1.88 bits per heavy atom. The molecule has 0 radical (unpaired) electrons. The van der Waals surface area contributed by atoms with Gasteiger partial charge < -0.3 is 5.32 Å². The first-order chi connectivity index (χ1) is 7.63. The van der Waals surface area contributed by atoms with Gasteiger partial charge in [0.15, 0.2) is 11.6 Å². The Hall–Kier alpha value is -1.03. The van der Waals surface area contributed by atoms with E-state index in [9.17, 15) is 13.2 Å². The highest BCUT2D eigenvalue weighted by Gasteiger charge is 2.29. The van der Waals surface area contributed by atoms with E-state index < -0.39 is 17.5 Å². The number of benzene rings is 1. The zero-order chi connectivity index (χ0) is 11.7. The lowest BCUT2D eigenvalue weighted by atomic mass is 9.92. The standard InChI is InChI=1S/C12H14F3N/c1-2-7-3-4-16-12(7)8-5-10(14)11(15)6-9(8)13/h5-7,12,16H,2-4H2,1H3. The summed E-state index contributed by atoms with van der Waals surface area (Å²) in [5.74, 6) is -2.50. The molecule has 0 saturated carbocycles. The Morgan fingerprint density at radius 1 is 1.19 bits per heavy atom. The van der Waals surface area contributed by atoms with Crippen LogP contribution in [0.5, 0.6) is 0 Å². The Bertz CT molecular complexity index is 392. The van der Waals surface area contributed by atoms with Crippen molar-refractivity contribution < 1.29 is 13.2 Å². The fourth-order valence-electron chi connectivity index (χ4n) is 2.34. The van der Waals surface area contributed by atoms with Gasteiger partial charge in [-0.1, -0.05) is 13.3 Å². The molecule has 4 heteroatoms. The van der Waals surface area contributed by atoms with Crippen molar-refractivity contribution in [2.24, 2.45) is 5.92 Å². The summed E-state index contributed by atoms with van der Waals surface area (Å²) in [5.41, 5.74) is 0.239. The molecule has 1 aromatic carbocycles. The minimum absolute atomic E-state index is 0.194. The molecule has 88 valence electrons. The second kappa shape index (κ2) is 4.45. The van der Waals surface area contributed by atoms with E-state index in [-0.39, 0.29) is 11.6 Å². The maximum atomic E-state index is 13.5. The van der Waals surface area contributed by atoms with Gasteiger partial charge in [-0.2, -0.15) is 0 Å². The third-order valence-electron chi connectivity index (χ3n) is 3.25. The minimum Gasteiger partial charge on any atom is -0.310 e. The van der Waals surface area contributed by atoms with Crippen LogP contribution in [0.2, 0.25) is 0 Å². The summed E-state index contributed by atoms with van der Waals surface area (Å²) in [6.45, 7) is 2.81. The molecule has 0 aliphatic carbocycles. The summed E-state index contributed by atoms with van der Waals surface area (Å²) in [6.07, 6.45) is 1.84. The van der Waals surface area contributed by atoms with Gasteiger partial charge in [-0.05, 0) is 24.9 Å². The molecule has 0 amide bonds. The number of halogens is 3. The molecule has 1 nitrogen and oxygen atoms in total. The molecule has 1 saturated heterocycles. The molecule has 1 fully saturated rings. The van der Waals surface area contributed by atoms with Crippen LogP contribution in [0, 0.1) is 23.4 Å². The molecule has 0 aromatic heterocycles. The van der Waals surface area contributed by atoms with Gasteiger partial charge in [-0.3, -0.25) is 0 Å². The molecule has 0 spiro atoms. The Labute approximate surface area is 92.7 Å². The Morgan fingerprint density at radius 3 is 2.56 bits per heavy atom. The molecule has 2 rings (SSSR count). The van der Waals surface area contributed by atoms with Crippen LogP contribution in [0.4, 0.5) is 13.2 Å². The lowest BCUT2D eigenvalue weighted by Crippen LogP contribution is -2.19. The van der Waals surface area contributed by atoms with E-state index in [4.69, 9.17) is 0 Å². The van der Waals surface area contributed by atoms with E-state index in [0.717, 1.165) is 25.5 Å². The summed E-state index contributed by atoms with van der Waals surface area (Å²) in [5, 5.41) is 3.13. The summed E-state index contributed by atoms with van der Waals surface area (Å²) >= 11 is 0. The first-order valence-corrected chi connectivity index (χ1v) is 5.51. The van der Waals surface area contributed by atoms with Gasteiger partial charge in [-0.25, -0.2) is 13.2 Å². The van der Waals surface area contributed by atoms with Crippen LogP contribution in [0.25, 0.3) is 0 Å². The molecule has 1 heterocycles. The third-order valence-corrected chi connectivity index (χ3v) is 3.25. The van der Waals surface area contributed by atoms with Gasteiger partial charge in [0.2, 0.25) is 0 Å². The van der Waals surface area contributed by atoms with Crippen molar-refractivity contribution in [2.75, 3.05) is 6.54 Å². The lowest BCUT2D eigenvalue weighted by Gasteiger charge is -2.19. The van der Waals surface area contributed by atoms with Crippen LogP contribution in [0.3, 0.4) is 0 Å². The molecule has 1 aliphatic rings. The van der Waals surface area contributed by atoms with Crippen molar-refractivity contribution in [1.82, 2.24) is 5.32 Å². The topological polar surface area (TPSA) is 12.0 Å². The van der Waals surface area contributed by atoms with Gasteiger partial charge in [0.25, 0.3) is 0 Å². The molecular formula is C12H14F3N. The zero-order valence-corrected chi connectivity index (χ0v) is 9.06. The van der Waals surface area contributed by atoms with Crippen LogP contribution in [-0.4, -0.2) is 6.54 Å². The van der Waals surface area contributed by atoms with Crippen LogP contribution < -0.4 is 5.32 Å². The molecule has 16 heavy (non-hydrogen) atoms. The predicted molar refractivity (Wildman–Crippen MR) is 55.5 cm³/mol. The molecule has 0 bridgehead atoms. The van der Waals surface area contributed by atoms with Crippen molar-refractivity contribution in [1.29, 1.82) is 0 Å². The van der Waals surface area contributed by atoms with Crippen molar-refractivity contribution in [2.45, 2.75) is 25.8 Å². The number of hydrogen-bond acceptors (Lipinski definition) is 1. The highest BCUT2D eigenvalue weighted by molar-refractivity contribution is 5.25. The predicted octanol–water partition coefficient (Wildman–Crippen LogP) is 3.16. The van der Waals surface area contributed by atoms with Crippen molar-refractivity contribution in [3.05, 3.63) is 35.1 Å². The molecule has 1 aliphatic heterocycles. The average Bonchev–Trinajstić information content (AvgIpc) is 2.71. The van der Waals surface area contributed by atoms with E-state index in [2.05, 4.69) is 5.32 Å². The third kappa shape index (κ3) is 1.94. The molecule has 2 unspecified atom stereocenters. The van der Waals surface area contributed by atoms with Crippen LogP contribution >= 0.6 is 0 Å². The van der Waals surface area contributed by atoms with E-state index in [1.54, 1.807) is 0 Å². The number of hydrogen-bond donors (Lipinski definition) is 1. The average molecular weight is 229 g/mol. The van der Waals surface area contributed by atoms with Gasteiger partial charge in [0.1, 0.15) is 5.82 Å². The van der Waals surface area contributed by atoms with Crippen LogP contribution in [0.15, 0.2) is 12.1 Å². The largest absolute Gasteiger partial charge is 0.310 e. The fourth-order valence-corrected chi connectivity index (χ4v) is 2.34. The van der Waals surface area contributed by atoms with E-state index in [1.807, 2.05) is 6.92 Å². The van der Waals surface area contributed by atoms with Crippen LogP contribution in [0.1, 0.15) is 31.4 Å². The number of nitrogens with one attached hydrogen (secondary N) is 1. The quantitative estimate of drug-likeness (QED) is 0.768. The summed E-state index contributed by atoms with van der Waals surface area (Å²) in [4.78, 5) is 0. The van der Waals surface area contributed by atoms with Gasteiger partial charge in [0, 0.05) is 17.7 Å². The highest BCUT2D eigenvalue weighted by Crippen LogP contribution is 2.33. The van der Waals surface area contributed by atoms with E-state index in [0.29, 0.717) is 12.0 Å². The summed E-state index contributed by atoms with van der Waals surface area (Å²) in [7, 11) is 0. The Kier molecular flexibility index (Phi) is 3.19. The number of rotatable bonds is 2. The second-order valence-corrected chi connectivity index (χ2v) is 4.18. The van der Waals surface area contributed by atoms with Gasteiger partial charge in [0.05, 0.1) is 0 Å². The lowest BCUT2D eigenvalue weighted by molar-refractivity contribution is 0.421. The van der Waals surface area contributed by atoms with Crippen molar-refractivity contribution >= 4 is 0 Å². The maximum Gasteiger partial charge on any atom is 0.161 e. The van der Waals surface area contributed by atoms with Crippen molar-refractivity contribution in [3.8, 4) is 0 Å². The monoisotopic (exact) mass is 229 g/mol. The SMILES string of the molecule is CCC1CCNC1c1cc(F)c(F)cc1F. The van der Waals surface area contributed by atoms with E-state index >= 15 is 0 Å². The normalized spacial score (nSPS) is 25.0. The highest BCUT2D eigenvalue weighted by atomic mass is 19.2. The summed E-state index contributed by atoms with van der Waals surface area (Å²) in [6, 6.07) is 1.40. The van der Waals surface area contributed by atoms with Crippen molar-refractivity contribution in [3.63, 3.8) is 0 Å². The van der Waals surface area contributed by atoms with Gasteiger partial charge >= 0.3 is 0 Å². The van der Waals surface area contributed by atoms with E-state index in [1.165, 1.54) is 0 Å².